The summed E-state index contributed by atoms with van der Waals surface area (Å²) in [6, 6.07) is 10.8. The van der Waals surface area contributed by atoms with E-state index in [1.807, 2.05) is 24.3 Å². The molecule has 0 radical (unpaired) electrons. The number of para-hydroxylation sites is 1. The van der Waals surface area contributed by atoms with E-state index >= 15 is 0 Å². The van der Waals surface area contributed by atoms with Crippen molar-refractivity contribution in [1.29, 1.82) is 0 Å². The van der Waals surface area contributed by atoms with Gasteiger partial charge in [-0.1, -0.05) is 18.2 Å². The lowest BCUT2D eigenvalue weighted by Crippen LogP contribution is -2.39. The lowest BCUT2D eigenvalue weighted by Gasteiger charge is -2.30. The Bertz CT molecular complexity index is 838. The number of carbonyl (C=O) groups is 2. The first kappa shape index (κ1) is 18.0. The number of amides is 2. The molecule has 136 valence electrons. The zero-order valence-electron chi connectivity index (χ0n) is 14.5. The van der Waals surface area contributed by atoms with Gasteiger partial charge in [-0.15, -0.1) is 0 Å². The maximum absolute atomic E-state index is 14.0. The van der Waals surface area contributed by atoms with E-state index in [0.717, 1.165) is 36.2 Å². The lowest BCUT2D eigenvalue weighted by molar-refractivity contribution is -0.118. The number of aryl methyl sites for hydroxylation is 1. The molecule has 0 N–H and O–H groups in total. The van der Waals surface area contributed by atoms with Gasteiger partial charge in [0.05, 0.1) is 5.69 Å². The quantitative estimate of drug-likeness (QED) is 0.836. The smallest absolute Gasteiger partial charge is 0.228 e. The Morgan fingerprint density at radius 3 is 2.65 bits per heavy atom. The van der Waals surface area contributed by atoms with Crippen LogP contribution in [0.2, 0.25) is 0 Å². The Morgan fingerprint density at radius 1 is 1.15 bits per heavy atom. The first-order chi connectivity index (χ1) is 12.5. The third-order valence-electron chi connectivity index (χ3n) is 4.54. The van der Waals surface area contributed by atoms with Crippen molar-refractivity contribution in [3.63, 3.8) is 0 Å². The Kier molecular flexibility index (Phi) is 5.30. The van der Waals surface area contributed by atoms with Gasteiger partial charge in [0.15, 0.2) is 0 Å². The molecule has 6 heteroatoms. The normalized spacial score (nSPS) is 13.3. The molecule has 1 aliphatic rings. The highest BCUT2D eigenvalue weighted by Gasteiger charge is 2.24. The summed E-state index contributed by atoms with van der Waals surface area (Å²) in [6.45, 7) is 1.96. The fourth-order valence-electron chi connectivity index (χ4n) is 3.28. The van der Waals surface area contributed by atoms with Crippen molar-refractivity contribution < 1.29 is 18.4 Å². The van der Waals surface area contributed by atoms with Crippen LogP contribution in [-0.4, -0.2) is 24.9 Å². The summed E-state index contributed by atoms with van der Waals surface area (Å²) >= 11 is 0. The average Bonchev–Trinajstić information content (AvgIpc) is 2.62. The number of nitrogens with zero attached hydrogens (tertiary/aromatic N) is 2. The molecule has 0 bridgehead atoms. The van der Waals surface area contributed by atoms with E-state index in [9.17, 15) is 18.4 Å². The fraction of sp³-hybridized carbons (Fsp3) is 0.300. The van der Waals surface area contributed by atoms with E-state index in [-0.39, 0.29) is 24.6 Å². The number of hydrogen-bond donors (Lipinski definition) is 0. The van der Waals surface area contributed by atoms with Gasteiger partial charge in [-0.25, -0.2) is 8.78 Å². The first-order valence-electron chi connectivity index (χ1n) is 8.59. The van der Waals surface area contributed by atoms with E-state index in [1.54, 1.807) is 4.90 Å². The highest BCUT2D eigenvalue weighted by atomic mass is 19.1. The van der Waals surface area contributed by atoms with Crippen molar-refractivity contribution in [2.75, 3.05) is 22.9 Å². The van der Waals surface area contributed by atoms with E-state index < -0.39 is 17.5 Å². The zero-order chi connectivity index (χ0) is 18.7. The Hall–Kier alpha value is -2.76. The molecule has 0 fully saturated rings. The molecule has 1 heterocycles. The number of fused-ring (bicyclic) bond motifs is 1. The Balaban J connectivity index is 1.74. The second-order valence-electron chi connectivity index (χ2n) is 6.29. The predicted octanol–water partition coefficient (Wildman–Crippen LogP) is 3.69. The topological polar surface area (TPSA) is 40.6 Å². The number of anilines is 2. The molecule has 2 aromatic rings. The van der Waals surface area contributed by atoms with Crippen molar-refractivity contribution >= 4 is 23.2 Å². The van der Waals surface area contributed by atoms with Gasteiger partial charge in [0, 0.05) is 38.2 Å². The molecule has 0 unspecified atom stereocenters. The highest BCUT2D eigenvalue weighted by Crippen LogP contribution is 2.27. The third kappa shape index (κ3) is 3.74. The van der Waals surface area contributed by atoms with Crippen LogP contribution in [0.3, 0.4) is 0 Å². The number of rotatable bonds is 4. The number of hydrogen-bond acceptors (Lipinski definition) is 2. The summed E-state index contributed by atoms with van der Waals surface area (Å²) in [5.41, 5.74) is 2.00. The standard InChI is InChI=1S/C20H20F2N2O2/c1-14(25)23(19-9-8-16(21)13-17(19)22)12-10-20(26)24-11-4-6-15-5-2-3-7-18(15)24/h2-3,5,7-9,13H,4,6,10-12H2,1H3. The summed E-state index contributed by atoms with van der Waals surface area (Å²) in [5.74, 6) is -2.06. The molecular formula is C20H20F2N2O2. The molecule has 4 nitrogen and oxygen atoms in total. The molecule has 0 saturated heterocycles. The highest BCUT2D eigenvalue weighted by molar-refractivity contribution is 5.97. The number of carbonyl (C=O) groups excluding carboxylic acids is 2. The molecular weight excluding hydrogens is 338 g/mol. The van der Waals surface area contributed by atoms with Gasteiger partial charge in [0.2, 0.25) is 11.8 Å². The van der Waals surface area contributed by atoms with Crippen LogP contribution in [0, 0.1) is 11.6 Å². The number of benzene rings is 2. The van der Waals surface area contributed by atoms with Crippen LogP contribution in [0.15, 0.2) is 42.5 Å². The van der Waals surface area contributed by atoms with Crippen LogP contribution in [0.1, 0.15) is 25.3 Å². The van der Waals surface area contributed by atoms with Gasteiger partial charge < -0.3 is 9.80 Å². The van der Waals surface area contributed by atoms with E-state index in [2.05, 4.69) is 0 Å². The Morgan fingerprint density at radius 2 is 1.92 bits per heavy atom. The van der Waals surface area contributed by atoms with E-state index in [4.69, 9.17) is 0 Å². The largest absolute Gasteiger partial charge is 0.312 e. The minimum Gasteiger partial charge on any atom is -0.312 e. The predicted molar refractivity (Wildman–Crippen MR) is 96.1 cm³/mol. The zero-order valence-corrected chi connectivity index (χ0v) is 14.5. The monoisotopic (exact) mass is 358 g/mol. The molecule has 26 heavy (non-hydrogen) atoms. The molecule has 2 amide bonds. The van der Waals surface area contributed by atoms with Gasteiger partial charge in [0.1, 0.15) is 11.6 Å². The van der Waals surface area contributed by atoms with Crippen LogP contribution in [0.4, 0.5) is 20.2 Å². The van der Waals surface area contributed by atoms with Crippen LogP contribution in [0.25, 0.3) is 0 Å². The SMILES string of the molecule is CC(=O)N(CCC(=O)N1CCCc2ccccc21)c1ccc(F)cc1F. The molecule has 2 aromatic carbocycles. The summed E-state index contributed by atoms with van der Waals surface area (Å²) in [6.07, 6.45) is 1.87. The van der Waals surface area contributed by atoms with Crippen LogP contribution < -0.4 is 9.80 Å². The molecule has 0 saturated carbocycles. The minimum absolute atomic E-state index is 0.0225. The van der Waals surface area contributed by atoms with Crippen molar-refractivity contribution in [3.05, 3.63) is 59.7 Å². The lowest BCUT2D eigenvalue weighted by atomic mass is 10.0. The van der Waals surface area contributed by atoms with Gasteiger partial charge >= 0.3 is 0 Å². The summed E-state index contributed by atoms with van der Waals surface area (Å²) < 4.78 is 27.1. The Labute approximate surface area is 151 Å². The average molecular weight is 358 g/mol. The third-order valence-corrected chi connectivity index (χ3v) is 4.54. The van der Waals surface area contributed by atoms with Crippen molar-refractivity contribution in [1.82, 2.24) is 0 Å². The van der Waals surface area contributed by atoms with Gasteiger partial charge in [0.25, 0.3) is 0 Å². The summed E-state index contributed by atoms with van der Waals surface area (Å²) in [7, 11) is 0. The summed E-state index contributed by atoms with van der Waals surface area (Å²) in [5, 5.41) is 0. The number of halogens is 2. The fourth-order valence-corrected chi connectivity index (χ4v) is 3.28. The van der Waals surface area contributed by atoms with Gasteiger partial charge in [-0.3, -0.25) is 9.59 Å². The van der Waals surface area contributed by atoms with Crippen LogP contribution in [0.5, 0.6) is 0 Å². The van der Waals surface area contributed by atoms with Crippen molar-refractivity contribution in [2.45, 2.75) is 26.2 Å². The summed E-state index contributed by atoms with van der Waals surface area (Å²) in [4.78, 5) is 27.5. The molecule has 0 aromatic heterocycles. The van der Waals surface area contributed by atoms with Crippen LogP contribution in [-0.2, 0) is 16.0 Å². The van der Waals surface area contributed by atoms with Gasteiger partial charge in [-0.05, 0) is 36.6 Å². The van der Waals surface area contributed by atoms with Crippen molar-refractivity contribution in [3.8, 4) is 0 Å². The molecule has 1 aliphatic heterocycles. The molecule has 0 spiro atoms. The molecule has 0 aliphatic carbocycles. The van der Waals surface area contributed by atoms with E-state index in [0.29, 0.717) is 6.54 Å². The second kappa shape index (κ2) is 7.64. The second-order valence-corrected chi connectivity index (χ2v) is 6.29. The van der Waals surface area contributed by atoms with Gasteiger partial charge in [-0.2, -0.15) is 0 Å². The minimum atomic E-state index is -0.823. The van der Waals surface area contributed by atoms with Crippen LogP contribution >= 0.6 is 0 Å². The molecule has 3 rings (SSSR count). The first-order valence-corrected chi connectivity index (χ1v) is 8.59. The van der Waals surface area contributed by atoms with E-state index in [1.165, 1.54) is 17.9 Å². The van der Waals surface area contributed by atoms with Crippen molar-refractivity contribution in [2.24, 2.45) is 0 Å². The maximum Gasteiger partial charge on any atom is 0.228 e. The maximum atomic E-state index is 14.0. The molecule has 0 atom stereocenters.